The van der Waals surface area contributed by atoms with Crippen LogP contribution in [0.1, 0.15) is 19.4 Å². The van der Waals surface area contributed by atoms with Crippen LogP contribution >= 0.6 is 11.6 Å². The van der Waals surface area contributed by atoms with E-state index in [1.807, 2.05) is 25.1 Å². The van der Waals surface area contributed by atoms with Gasteiger partial charge in [0.1, 0.15) is 0 Å². The Balaban J connectivity index is 1.98. The average Bonchev–Trinajstić information content (AvgIpc) is 2.35. The molecule has 0 atom stereocenters. The first kappa shape index (κ1) is 15.3. The first-order valence-corrected chi connectivity index (χ1v) is 7.28. The van der Waals surface area contributed by atoms with Crippen LogP contribution in [0.5, 0.6) is 0 Å². The zero-order valence-corrected chi connectivity index (χ0v) is 13.0. The molecular formula is C15H22ClN3O. The fourth-order valence-electron chi connectivity index (χ4n) is 2.40. The first-order valence-electron chi connectivity index (χ1n) is 6.90. The minimum atomic E-state index is -0.0225. The van der Waals surface area contributed by atoms with E-state index < -0.39 is 0 Å². The molecule has 1 aliphatic heterocycles. The summed E-state index contributed by atoms with van der Waals surface area (Å²) in [6.07, 6.45) is 0. The Kier molecular flexibility index (Phi) is 4.68. The lowest BCUT2D eigenvalue weighted by Crippen LogP contribution is -2.59. The summed E-state index contributed by atoms with van der Waals surface area (Å²) in [5, 5.41) is 6.82. The summed E-state index contributed by atoms with van der Waals surface area (Å²) in [6.45, 7) is 9.34. The molecule has 0 bridgehead atoms. The van der Waals surface area contributed by atoms with E-state index in [9.17, 15) is 4.79 Å². The van der Waals surface area contributed by atoms with Gasteiger partial charge in [0.2, 0.25) is 5.91 Å². The molecular weight excluding hydrogens is 274 g/mol. The maximum Gasteiger partial charge on any atom is 0.238 e. The first-order chi connectivity index (χ1) is 9.38. The van der Waals surface area contributed by atoms with Crippen molar-refractivity contribution in [1.82, 2.24) is 10.2 Å². The second kappa shape index (κ2) is 6.12. The average molecular weight is 296 g/mol. The number of carbonyl (C=O) groups excluding carboxylic acids is 1. The Bertz CT molecular complexity index is 502. The van der Waals surface area contributed by atoms with Gasteiger partial charge in [-0.2, -0.15) is 0 Å². The smallest absolute Gasteiger partial charge is 0.238 e. The number of rotatable bonds is 3. The van der Waals surface area contributed by atoms with Crippen molar-refractivity contribution < 1.29 is 4.79 Å². The predicted octanol–water partition coefficient (Wildman–Crippen LogP) is 2.27. The highest BCUT2D eigenvalue weighted by atomic mass is 35.5. The highest BCUT2D eigenvalue weighted by molar-refractivity contribution is 6.33. The molecule has 2 N–H and O–H groups in total. The number of hydrogen-bond acceptors (Lipinski definition) is 3. The molecule has 5 heteroatoms. The Morgan fingerprint density at radius 3 is 2.90 bits per heavy atom. The topological polar surface area (TPSA) is 44.4 Å². The zero-order valence-electron chi connectivity index (χ0n) is 12.3. The molecule has 1 aromatic carbocycles. The van der Waals surface area contributed by atoms with E-state index in [2.05, 4.69) is 29.4 Å². The van der Waals surface area contributed by atoms with Gasteiger partial charge in [-0.1, -0.05) is 17.7 Å². The molecule has 1 fully saturated rings. The van der Waals surface area contributed by atoms with Crippen molar-refractivity contribution >= 4 is 23.2 Å². The molecule has 0 unspecified atom stereocenters. The van der Waals surface area contributed by atoms with E-state index in [-0.39, 0.29) is 11.4 Å². The summed E-state index contributed by atoms with van der Waals surface area (Å²) in [7, 11) is 0. The van der Waals surface area contributed by atoms with Gasteiger partial charge in [0.25, 0.3) is 0 Å². The molecule has 1 aromatic rings. The van der Waals surface area contributed by atoms with Crippen molar-refractivity contribution in [3.05, 3.63) is 28.8 Å². The number of aryl methyl sites for hydroxylation is 1. The Morgan fingerprint density at radius 1 is 1.50 bits per heavy atom. The molecule has 110 valence electrons. The van der Waals surface area contributed by atoms with Gasteiger partial charge in [-0.3, -0.25) is 9.69 Å². The Hall–Kier alpha value is -1.10. The molecule has 4 nitrogen and oxygen atoms in total. The summed E-state index contributed by atoms with van der Waals surface area (Å²) in [5.41, 5.74) is 1.75. The van der Waals surface area contributed by atoms with Crippen LogP contribution in [0.4, 0.5) is 5.69 Å². The number of anilines is 1. The van der Waals surface area contributed by atoms with E-state index in [0.29, 0.717) is 17.3 Å². The largest absolute Gasteiger partial charge is 0.324 e. The van der Waals surface area contributed by atoms with Gasteiger partial charge in [-0.15, -0.1) is 0 Å². The van der Waals surface area contributed by atoms with E-state index >= 15 is 0 Å². The summed E-state index contributed by atoms with van der Waals surface area (Å²) >= 11 is 6.13. The second-order valence-corrected chi connectivity index (χ2v) is 6.35. The van der Waals surface area contributed by atoms with Gasteiger partial charge in [-0.25, -0.2) is 0 Å². The van der Waals surface area contributed by atoms with E-state index in [4.69, 9.17) is 11.6 Å². The molecule has 0 aromatic heterocycles. The molecule has 1 saturated heterocycles. The van der Waals surface area contributed by atoms with Crippen molar-refractivity contribution in [3.8, 4) is 0 Å². The highest BCUT2D eigenvalue weighted by Gasteiger charge is 2.30. The predicted molar refractivity (Wildman–Crippen MR) is 83.3 cm³/mol. The number of amides is 1. The molecule has 0 aliphatic carbocycles. The third kappa shape index (κ3) is 3.72. The fraction of sp³-hybridized carbons (Fsp3) is 0.533. The van der Waals surface area contributed by atoms with Gasteiger partial charge >= 0.3 is 0 Å². The highest BCUT2D eigenvalue weighted by Crippen LogP contribution is 2.23. The maximum atomic E-state index is 12.2. The number of hydrogen-bond donors (Lipinski definition) is 2. The third-order valence-corrected chi connectivity index (χ3v) is 4.02. The number of carbonyl (C=O) groups is 1. The molecule has 0 saturated carbocycles. The van der Waals surface area contributed by atoms with Gasteiger partial charge in [0.05, 0.1) is 17.3 Å². The summed E-state index contributed by atoms with van der Waals surface area (Å²) in [6, 6.07) is 5.64. The quantitative estimate of drug-likeness (QED) is 0.899. The number of benzene rings is 1. The summed E-state index contributed by atoms with van der Waals surface area (Å²) in [4.78, 5) is 14.4. The number of piperazine rings is 1. The van der Waals surface area contributed by atoms with Crippen molar-refractivity contribution in [2.75, 3.05) is 31.5 Å². The number of nitrogens with zero attached hydrogens (tertiary/aromatic N) is 1. The van der Waals surface area contributed by atoms with Crippen LogP contribution in [0.3, 0.4) is 0 Å². The minimum absolute atomic E-state index is 0.00728. The lowest BCUT2D eigenvalue weighted by Gasteiger charge is -2.42. The van der Waals surface area contributed by atoms with Crippen LogP contribution < -0.4 is 10.6 Å². The fourth-order valence-corrected chi connectivity index (χ4v) is 2.68. The third-order valence-electron chi connectivity index (χ3n) is 3.71. The molecule has 20 heavy (non-hydrogen) atoms. The zero-order chi connectivity index (χ0) is 14.8. The normalized spacial score (nSPS) is 18.8. The lowest BCUT2D eigenvalue weighted by atomic mass is 10.0. The number of nitrogens with one attached hydrogen (secondary N) is 2. The van der Waals surface area contributed by atoms with E-state index in [0.717, 1.165) is 25.2 Å². The Morgan fingerprint density at radius 2 is 2.25 bits per heavy atom. The van der Waals surface area contributed by atoms with Crippen LogP contribution in [0.15, 0.2) is 18.2 Å². The van der Waals surface area contributed by atoms with E-state index in [1.54, 1.807) is 0 Å². The monoisotopic (exact) mass is 295 g/mol. The van der Waals surface area contributed by atoms with E-state index in [1.165, 1.54) is 0 Å². The van der Waals surface area contributed by atoms with Gasteiger partial charge in [-0.05, 0) is 38.5 Å². The van der Waals surface area contributed by atoms with Gasteiger partial charge in [0.15, 0.2) is 0 Å². The van der Waals surface area contributed by atoms with Crippen LogP contribution in [-0.4, -0.2) is 42.5 Å². The second-order valence-electron chi connectivity index (χ2n) is 5.94. The molecule has 1 aliphatic rings. The standard InChI is InChI=1S/C15H22ClN3O/c1-11-4-5-13(12(16)8-11)18-14(20)9-19-7-6-17-10-15(19,2)3/h4-5,8,17H,6-7,9-10H2,1-3H3,(H,18,20). The van der Waals surface area contributed by atoms with Crippen LogP contribution in [-0.2, 0) is 4.79 Å². The van der Waals surface area contributed by atoms with Crippen LogP contribution in [0, 0.1) is 6.92 Å². The molecule has 1 heterocycles. The van der Waals surface area contributed by atoms with Gasteiger partial charge in [0, 0.05) is 25.2 Å². The number of halogens is 1. The summed E-state index contributed by atoms with van der Waals surface area (Å²) < 4.78 is 0. The molecule has 2 rings (SSSR count). The minimum Gasteiger partial charge on any atom is -0.324 e. The Labute approximate surface area is 125 Å². The molecule has 0 radical (unpaired) electrons. The van der Waals surface area contributed by atoms with Crippen molar-refractivity contribution in [2.45, 2.75) is 26.3 Å². The van der Waals surface area contributed by atoms with Gasteiger partial charge < -0.3 is 10.6 Å². The maximum absolute atomic E-state index is 12.2. The van der Waals surface area contributed by atoms with Crippen molar-refractivity contribution in [3.63, 3.8) is 0 Å². The lowest BCUT2D eigenvalue weighted by molar-refractivity contribution is -0.119. The SMILES string of the molecule is Cc1ccc(NC(=O)CN2CCNCC2(C)C)c(Cl)c1. The molecule has 1 amide bonds. The van der Waals surface area contributed by atoms with Crippen LogP contribution in [0.2, 0.25) is 5.02 Å². The summed E-state index contributed by atoms with van der Waals surface area (Å²) in [5.74, 6) is -0.0225. The molecule has 0 spiro atoms. The van der Waals surface area contributed by atoms with Crippen molar-refractivity contribution in [2.24, 2.45) is 0 Å². The van der Waals surface area contributed by atoms with Crippen LogP contribution in [0.25, 0.3) is 0 Å². The van der Waals surface area contributed by atoms with Crippen molar-refractivity contribution in [1.29, 1.82) is 0 Å².